The summed E-state index contributed by atoms with van der Waals surface area (Å²) in [5.41, 5.74) is 1.20. The van der Waals surface area contributed by atoms with Crippen LogP contribution in [0.25, 0.3) is 0 Å². The maximum Gasteiger partial charge on any atom is 0.0952 e. The molecule has 1 saturated heterocycles. The standard InChI is InChI=1S/C10H17N3/c1-8(2)13-6-10(12-7-13)9-4-3-5-11-9/h6-9,11H,3-5H2,1-2H3/t9-/m1/s1. The van der Waals surface area contributed by atoms with E-state index in [9.17, 15) is 0 Å². The fourth-order valence-electron chi connectivity index (χ4n) is 1.75. The third-order valence-corrected chi connectivity index (χ3v) is 2.64. The van der Waals surface area contributed by atoms with Gasteiger partial charge in [0, 0.05) is 12.2 Å². The highest BCUT2D eigenvalue weighted by Crippen LogP contribution is 2.21. The molecule has 1 atom stereocenters. The summed E-state index contributed by atoms with van der Waals surface area (Å²) in [5.74, 6) is 0. The number of hydrogen-bond acceptors (Lipinski definition) is 2. The molecule has 0 aliphatic carbocycles. The fraction of sp³-hybridized carbons (Fsp3) is 0.700. The van der Waals surface area contributed by atoms with E-state index in [-0.39, 0.29) is 0 Å². The van der Waals surface area contributed by atoms with Crippen LogP contribution in [-0.2, 0) is 0 Å². The van der Waals surface area contributed by atoms with Gasteiger partial charge in [0.1, 0.15) is 0 Å². The molecule has 1 aliphatic heterocycles. The summed E-state index contributed by atoms with van der Waals surface area (Å²) >= 11 is 0. The molecular formula is C10H17N3. The number of nitrogens with zero attached hydrogens (tertiary/aromatic N) is 2. The zero-order chi connectivity index (χ0) is 9.26. The lowest BCUT2D eigenvalue weighted by Crippen LogP contribution is -2.13. The van der Waals surface area contributed by atoms with Crippen molar-refractivity contribution in [2.45, 2.75) is 38.8 Å². The predicted molar refractivity (Wildman–Crippen MR) is 52.6 cm³/mol. The normalized spacial score (nSPS) is 22.8. The molecule has 1 N–H and O–H groups in total. The summed E-state index contributed by atoms with van der Waals surface area (Å²) in [6, 6.07) is 1.02. The van der Waals surface area contributed by atoms with Crippen molar-refractivity contribution < 1.29 is 0 Å². The summed E-state index contributed by atoms with van der Waals surface area (Å²) in [6.07, 6.45) is 6.60. The third-order valence-electron chi connectivity index (χ3n) is 2.64. The van der Waals surface area contributed by atoms with Crippen molar-refractivity contribution >= 4 is 0 Å². The van der Waals surface area contributed by atoms with E-state index in [2.05, 4.69) is 34.9 Å². The van der Waals surface area contributed by atoms with Gasteiger partial charge in [-0.05, 0) is 33.2 Å². The Kier molecular flexibility index (Phi) is 2.36. The summed E-state index contributed by atoms with van der Waals surface area (Å²) in [6.45, 7) is 5.49. The van der Waals surface area contributed by atoms with Crippen LogP contribution in [0.15, 0.2) is 12.5 Å². The van der Waals surface area contributed by atoms with Gasteiger partial charge in [0.2, 0.25) is 0 Å². The van der Waals surface area contributed by atoms with Crippen LogP contribution in [-0.4, -0.2) is 16.1 Å². The van der Waals surface area contributed by atoms with E-state index in [1.165, 1.54) is 18.5 Å². The Labute approximate surface area is 79.2 Å². The van der Waals surface area contributed by atoms with Crippen LogP contribution in [0.2, 0.25) is 0 Å². The molecule has 2 rings (SSSR count). The highest BCUT2D eigenvalue weighted by Gasteiger charge is 2.18. The van der Waals surface area contributed by atoms with E-state index in [1.54, 1.807) is 0 Å². The lowest BCUT2D eigenvalue weighted by molar-refractivity contribution is 0.593. The quantitative estimate of drug-likeness (QED) is 0.751. The van der Waals surface area contributed by atoms with Crippen molar-refractivity contribution in [2.75, 3.05) is 6.54 Å². The second-order valence-electron chi connectivity index (χ2n) is 3.99. The summed E-state index contributed by atoms with van der Waals surface area (Å²) in [5, 5.41) is 3.45. The Morgan fingerprint density at radius 1 is 1.62 bits per heavy atom. The molecule has 0 amide bonds. The van der Waals surface area contributed by atoms with Crippen LogP contribution >= 0.6 is 0 Å². The zero-order valence-electron chi connectivity index (χ0n) is 8.33. The molecule has 1 aromatic heterocycles. The summed E-state index contributed by atoms with van der Waals surface area (Å²) in [7, 11) is 0. The molecule has 1 fully saturated rings. The highest BCUT2D eigenvalue weighted by molar-refractivity contribution is 5.06. The van der Waals surface area contributed by atoms with Gasteiger partial charge >= 0.3 is 0 Å². The van der Waals surface area contributed by atoms with Crippen LogP contribution < -0.4 is 5.32 Å². The Morgan fingerprint density at radius 2 is 2.46 bits per heavy atom. The molecule has 0 aromatic carbocycles. The van der Waals surface area contributed by atoms with Gasteiger partial charge in [-0.2, -0.15) is 0 Å². The molecular weight excluding hydrogens is 162 g/mol. The van der Waals surface area contributed by atoms with E-state index in [0.717, 1.165) is 6.54 Å². The monoisotopic (exact) mass is 179 g/mol. The minimum atomic E-state index is 0.500. The maximum absolute atomic E-state index is 4.42. The Bertz CT molecular complexity index is 271. The average Bonchev–Trinajstić information content (AvgIpc) is 2.75. The number of aromatic nitrogens is 2. The Morgan fingerprint density at radius 3 is 3.00 bits per heavy atom. The van der Waals surface area contributed by atoms with Gasteiger partial charge < -0.3 is 9.88 Å². The average molecular weight is 179 g/mol. The maximum atomic E-state index is 4.42. The Balaban J connectivity index is 2.12. The topological polar surface area (TPSA) is 29.9 Å². The molecule has 0 bridgehead atoms. The minimum absolute atomic E-state index is 0.500. The van der Waals surface area contributed by atoms with Crippen molar-refractivity contribution in [3.63, 3.8) is 0 Å². The second-order valence-corrected chi connectivity index (χ2v) is 3.99. The zero-order valence-corrected chi connectivity index (χ0v) is 8.33. The van der Waals surface area contributed by atoms with Gasteiger partial charge in [-0.1, -0.05) is 0 Å². The van der Waals surface area contributed by atoms with Gasteiger partial charge in [0.15, 0.2) is 0 Å². The van der Waals surface area contributed by atoms with Crippen LogP contribution in [0.4, 0.5) is 0 Å². The van der Waals surface area contributed by atoms with Crippen LogP contribution in [0.5, 0.6) is 0 Å². The Hall–Kier alpha value is -0.830. The molecule has 2 heterocycles. The summed E-state index contributed by atoms with van der Waals surface area (Å²) in [4.78, 5) is 4.42. The molecule has 3 heteroatoms. The third kappa shape index (κ3) is 1.75. The summed E-state index contributed by atoms with van der Waals surface area (Å²) < 4.78 is 2.16. The van der Waals surface area contributed by atoms with Gasteiger partial charge in [-0.3, -0.25) is 0 Å². The van der Waals surface area contributed by atoms with Gasteiger partial charge in [-0.25, -0.2) is 4.98 Å². The van der Waals surface area contributed by atoms with Crippen molar-refractivity contribution in [3.8, 4) is 0 Å². The second kappa shape index (κ2) is 3.50. The molecule has 72 valence electrons. The van der Waals surface area contributed by atoms with Crippen molar-refractivity contribution in [1.82, 2.24) is 14.9 Å². The first-order valence-corrected chi connectivity index (χ1v) is 5.04. The number of nitrogens with one attached hydrogen (secondary N) is 1. The molecule has 1 aliphatic rings. The van der Waals surface area contributed by atoms with E-state index in [1.807, 2.05) is 6.33 Å². The lowest BCUT2D eigenvalue weighted by atomic mass is 10.2. The van der Waals surface area contributed by atoms with Gasteiger partial charge in [-0.15, -0.1) is 0 Å². The number of hydrogen-bond donors (Lipinski definition) is 1. The van der Waals surface area contributed by atoms with Crippen LogP contribution in [0, 0.1) is 0 Å². The SMILES string of the molecule is CC(C)n1cnc([C@H]2CCCN2)c1. The molecule has 0 spiro atoms. The first-order chi connectivity index (χ1) is 6.27. The largest absolute Gasteiger partial charge is 0.335 e. The van der Waals surface area contributed by atoms with Crippen molar-refractivity contribution in [1.29, 1.82) is 0 Å². The molecule has 0 unspecified atom stereocenters. The minimum Gasteiger partial charge on any atom is -0.335 e. The molecule has 3 nitrogen and oxygen atoms in total. The molecule has 13 heavy (non-hydrogen) atoms. The number of imidazole rings is 1. The van der Waals surface area contributed by atoms with Crippen molar-refractivity contribution in [2.24, 2.45) is 0 Å². The first-order valence-electron chi connectivity index (χ1n) is 5.04. The lowest BCUT2D eigenvalue weighted by Gasteiger charge is -2.06. The molecule has 1 aromatic rings. The van der Waals surface area contributed by atoms with E-state index >= 15 is 0 Å². The van der Waals surface area contributed by atoms with E-state index < -0.39 is 0 Å². The van der Waals surface area contributed by atoms with Crippen molar-refractivity contribution in [3.05, 3.63) is 18.2 Å². The van der Waals surface area contributed by atoms with Crippen LogP contribution in [0.1, 0.15) is 44.5 Å². The predicted octanol–water partition coefficient (Wildman–Crippen LogP) is 1.89. The van der Waals surface area contributed by atoms with Crippen LogP contribution in [0.3, 0.4) is 0 Å². The molecule has 0 radical (unpaired) electrons. The first kappa shape index (κ1) is 8.75. The fourth-order valence-corrected chi connectivity index (χ4v) is 1.75. The van der Waals surface area contributed by atoms with Gasteiger partial charge in [0.25, 0.3) is 0 Å². The molecule has 0 saturated carbocycles. The van der Waals surface area contributed by atoms with Gasteiger partial charge in [0.05, 0.1) is 18.1 Å². The highest BCUT2D eigenvalue weighted by atomic mass is 15.1. The number of rotatable bonds is 2. The van der Waals surface area contributed by atoms with E-state index in [0.29, 0.717) is 12.1 Å². The smallest absolute Gasteiger partial charge is 0.0952 e. The van der Waals surface area contributed by atoms with E-state index in [4.69, 9.17) is 0 Å².